The molecule has 8 nitrogen and oxygen atoms in total. The summed E-state index contributed by atoms with van der Waals surface area (Å²) in [6, 6.07) is 10.3. The molecule has 2 aromatic carbocycles. The number of primary amides is 1. The molecular formula is C29H31N5O3S. The van der Waals surface area contributed by atoms with Gasteiger partial charge in [-0.2, -0.15) is 0 Å². The lowest BCUT2D eigenvalue weighted by Crippen LogP contribution is -2.25. The van der Waals surface area contributed by atoms with Gasteiger partial charge in [0.2, 0.25) is 0 Å². The van der Waals surface area contributed by atoms with Crippen molar-refractivity contribution in [2.45, 2.75) is 44.4 Å². The fourth-order valence-corrected chi connectivity index (χ4v) is 5.45. The fourth-order valence-electron chi connectivity index (χ4n) is 4.77. The summed E-state index contributed by atoms with van der Waals surface area (Å²) in [5.74, 6) is 0.587. The lowest BCUT2D eigenvalue weighted by Gasteiger charge is -2.28. The maximum Gasteiger partial charge on any atom is 0.261 e. The van der Waals surface area contributed by atoms with Gasteiger partial charge in [-0.1, -0.05) is 24.6 Å². The number of hydrogen-bond donors (Lipinski definition) is 5. The number of nitrogen functional groups attached to an aromatic ring is 1. The van der Waals surface area contributed by atoms with Crippen LogP contribution >= 0.6 is 11.8 Å². The molecule has 1 aromatic heterocycles. The summed E-state index contributed by atoms with van der Waals surface area (Å²) in [6.45, 7) is 0. The molecule has 2 saturated carbocycles. The van der Waals surface area contributed by atoms with Gasteiger partial charge in [0.25, 0.3) is 17.4 Å². The Bertz CT molecular complexity index is 1510. The highest BCUT2D eigenvalue weighted by Gasteiger charge is 2.29. The molecule has 9 heteroatoms. The molecule has 0 atom stereocenters. The van der Waals surface area contributed by atoms with Crippen LogP contribution in [0.1, 0.15) is 76.3 Å². The molecule has 38 heavy (non-hydrogen) atoms. The van der Waals surface area contributed by atoms with Gasteiger partial charge in [-0.3, -0.25) is 14.4 Å². The first-order valence-corrected chi connectivity index (χ1v) is 13.9. The summed E-state index contributed by atoms with van der Waals surface area (Å²) in [5, 5.41) is 14.0. The number of thioether (sulfide) groups is 1. The summed E-state index contributed by atoms with van der Waals surface area (Å²) < 4.78 is 0. The number of H-pyrrole nitrogens is 1. The number of anilines is 2. The van der Waals surface area contributed by atoms with Gasteiger partial charge in [-0.15, -0.1) is 11.8 Å². The van der Waals surface area contributed by atoms with Crippen LogP contribution in [0.5, 0.6) is 0 Å². The average molecular weight is 530 g/mol. The van der Waals surface area contributed by atoms with Crippen LogP contribution in [0.3, 0.4) is 0 Å². The van der Waals surface area contributed by atoms with E-state index in [-0.39, 0.29) is 23.3 Å². The number of rotatable bonds is 6. The molecule has 7 N–H and O–H groups in total. The molecule has 0 bridgehead atoms. The topological polar surface area (TPSA) is 155 Å². The molecule has 196 valence electrons. The van der Waals surface area contributed by atoms with Gasteiger partial charge in [-0.25, -0.2) is 0 Å². The number of nitrogens with two attached hydrogens (primary N) is 2. The molecular weight excluding hydrogens is 498 g/mol. The van der Waals surface area contributed by atoms with Gasteiger partial charge in [0.05, 0.1) is 11.1 Å². The average Bonchev–Trinajstić information content (AvgIpc) is 3.53. The van der Waals surface area contributed by atoms with Crippen molar-refractivity contribution in [3.63, 3.8) is 0 Å². The van der Waals surface area contributed by atoms with E-state index in [1.165, 1.54) is 18.2 Å². The second-order valence-electron chi connectivity index (χ2n) is 9.97. The minimum atomic E-state index is -0.820. The zero-order valence-corrected chi connectivity index (χ0v) is 21.8. The molecule has 0 unspecified atom stereocenters. The fraction of sp³-hybridized carbons (Fsp3) is 0.310. The van der Waals surface area contributed by atoms with Crippen molar-refractivity contribution in [1.29, 1.82) is 5.41 Å². The summed E-state index contributed by atoms with van der Waals surface area (Å²) >= 11 is 1.89. The van der Waals surface area contributed by atoms with Crippen molar-refractivity contribution in [3.8, 4) is 0 Å². The molecule has 2 aliphatic carbocycles. The molecule has 0 spiro atoms. The smallest absolute Gasteiger partial charge is 0.261 e. The number of aromatic amines is 1. The zero-order chi connectivity index (χ0) is 26.8. The summed E-state index contributed by atoms with van der Waals surface area (Å²) in [5.41, 5.74) is 14.4. The van der Waals surface area contributed by atoms with E-state index in [2.05, 4.69) is 21.8 Å². The third kappa shape index (κ3) is 5.38. The van der Waals surface area contributed by atoms with Crippen LogP contribution < -0.4 is 22.3 Å². The number of hydrogen-bond acceptors (Lipinski definition) is 6. The van der Waals surface area contributed by atoms with E-state index in [0.717, 1.165) is 37.7 Å². The van der Waals surface area contributed by atoms with Gasteiger partial charge in [-0.05, 0) is 78.6 Å². The SMILES string of the molecule is C1=CSCC1.N=C(c1cc(NC(=O)c2c(C3CCC3)ccc3cc(C(N)=O)c(=O)[nH]c23)ccc1N)C1CC1. The lowest BCUT2D eigenvalue weighted by atomic mass is 9.77. The van der Waals surface area contributed by atoms with Crippen LogP contribution in [-0.4, -0.2) is 28.3 Å². The van der Waals surface area contributed by atoms with Crippen molar-refractivity contribution in [3.05, 3.63) is 80.5 Å². The Hall–Kier alpha value is -3.85. The number of aromatic nitrogens is 1. The largest absolute Gasteiger partial charge is 0.398 e. The molecule has 0 radical (unpaired) electrons. The maximum absolute atomic E-state index is 13.5. The number of carbonyl (C=O) groups is 2. The Morgan fingerprint density at radius 3 is 2.42 bits per heavy atom. The highest BCUT2D eigenvalue weighted by Crippen LogP contribution is 2.40. The van der Waals surface area contributed by atoms with E-state index in [4.69, 9.17) is 16.9 Å². The standard InChI is InChI=1S/C25H25N5O3.C4H6S/c26-19-9-7-15(11-17(19)21(27)13-4-5-13)29-25(33)20-16(12-2-1-3-12)8-6-14-10-18(23(28)31)24(32)30-22(14)20;1-2-4-5-3-1/h6-13,27H,1-5,26H2,(H2,28,31)(H,29,33)(H,30,32);1,3H,2,4H2. The Morgan fingerprint density at radius 1 is 1.05 bits per heavy atom. The van der Waals surface area contributed by atoms with E-state index in [1.807, 2.05) is 17.8 Å². The Balaban J connectivity index is 0.000000529. The highest BCUT2D eigenvalue weighted by atomic mass is 32.2. The number of pyridine rings is 1. The van der Waals surface area contributed by atoms with Gasteiger partial charge < -0.3 is 27.2 Å². The van der Waals surface area contributed by atoms with E-state index in [9.17, 15) is 14.4 Å². The number of benzene rings is 2. The summed E-state index contributed by atoms with van der Waals surface area (Å²) in [7, 11) is 0. The molecule has 0 saturated heterocycles. The van der Waals surface area contributed by atoms with Crippen LogP contribution in [0.2, 0.25) is 0 Å². The number of fused-ring (bicyclic) bond motifs is 1. The molecule has 3 aliphatic rings. The zero-order valence-electron chi connectivity index (χ0n) is 21.0. The van der Waals surface area contributed by atoms with Gasteiger partial charge in [0.15, 0.2) is 0 Å². The van der Waals surface area contributed by atoms with Crippen molar-refractivity contribution in [2.24, 2.45) is 11.7 Å². The van der Waals surface area contributed by atoms with Crippen LogP contribution in [0.15, 0.2) is 52.7 Å². The number of amides is 2. The second kappa shape index (κ2) is 10.9. The van der Waals surface area contributed by atoms with Gasteiger partial charge >= 0.3 is 0 Å². The molecule has 2 fully saturated rings. The minimum Gasteiger partial charge on any atom is -0.398 e. The van der Waals surface area contributed by atoms with E-state index < -0.39 is 11.5 Å². The highest BCUT2D eigenvalue weighted by molar-refractivity contribution is 8.02. The number of allylic oxidation sites excluding steroid dienone is 1. The Morgan fingerprint density at radius 2 is 1.84 bits per heavy atom. The monoisotopic (exact) mass is 529 g/mol. The van der Waals surface area contributed by atoms with Gasteiger partial charge in [0, 0.05) is 34.3 Å². The van der Waals surface area contributed by atoms with Crippen LogP contribution in [0.4, 0.5) is 11.4 Å². The van der Waals surface area contributed by atoms with Crippen LogP contribution in [-0.2, 0) is 0 Å². The third-order valence-corrected chi connectivity index (χ3v) is 8.13. The van der Waals surface area contributed by atoms with E-state index in [0.29, 0.717) is 39.1 Å². The predicted molar refractivity (Wildman–Crippen MR) is 154 cm³/mol. The predicted octanol–water partition coefficient (Wildman–Crippen LogP) is 5.14. The van der Waals surface area contributed by atoms with Crippen molar-refractivity contribution >= 4 is 51.6 Å². The molecule has 6 rings (SSSR count). The van der Waals surface area contributed by atoms with Gasteiger partial charge in [0.1, 0.15) is 5.56 Å². The minimum absolute atomic E-state index is 0.146. The van der Waals surface area contributed by atoms with E-state index in [1.54, 1.807) is 24.3 Å². The summed E-state index contributed by atoms with van der Waals surface area (Å²) in [4.78, 5) is 40.3. The molecule has 1 aliphatic heterocycles. The van der Waals surface area contributed by atoms with Crippen molar-refractivity contribution < 1.29 is 9.59 Å². The van der Waals surface area contributed by atoms with Crippen molar-refractivity contribution in [1.82, 2.24) is 4.98 Å². The first-order valence-electron chi connectivity index (χ1n) is 12.9. The number of carbonyl (C=O) groups excluding carboxylic acids is 2. The van der Waals surface area contributed by atoms with E-state index >= 15 is 0 Å². The molecule has 2 amide bonds. The van der Waals surface area contributed by atoms with Crippen LogP contribution in [0.25, 0.3) is 10.9 Å². The second-order valence-corrected chi connectivity index (χ2v) is 11.0. The quantitative estimate of drug-likeness (QED) is 0.221. The maximum atomic E-state index is 13.5. The Kier molecular flexibility index (Phi) is 7.37. The lowest BCUT2D eigenvalue weighted by molar-refractivity contribution is 0.0997. The van der Waals surface area contributed by atoms with Crippen molar-refractivity contribution in [2.75, 3.05) is 16.8 Å². The summed E-state index contributed by atoms with van der Waals surface area (Å²) in [6.07, 6.45) is 8.48. The van der Waals surface area contributed by atoms with Crippen LogP contribution in [0, 0.1) is 11.3 Å². The first-order chi connectivity index (χ1) is 18.3. The molecule has 3 aromatic rings. The Labute approximate surface area is 224 Å². The normalized spacial score (nSPS) is 16.4. The first kappa shape index (κ1) is 25.8. The number of nitrogens with one attached hydrogen (secondary N) is 3. The third-order valence-electron chi connectivity index (χ3n) is 7.27. The molecule has 2 heterocycles.